The number of likely N-dealkylation sites (tertiary alicyclic amines) is 1. The molecule has 50 heavy (non-hydrogen) atoms. The number of imide groups is 2. The van der Waals surface area contributed by atoms with E-state index in [0.29, 0.717) is 28.5 Å². The van der Waals surface area contributed by atoms with E-state index in [2.05, 4.69) is 0 Å². The molecule has 4 amide bonds. The Labute approximate surface area is 297 Å². The van der Waals surface area contributed by atoms with Crippen LogP contribution in [0.2, 0.25) is 5.02 Å². The normalized spacial score (nSPS) is 28.0. The molecule has 2 aliphatic heterocycles. The average molecular weight is 715 g/mol. The summed E-state index contributed by atoms with van der Waals surface area (Å²) >= 11 is 7.83. The number of aryl methyl sites for hydroxylation is 2. The fraction of sp³-hybridized carbons (Fsp3) is 0.395. The van der Waals surface area contributed by atoms with E-state index in [-0.39, 0.29) is 18.2 Å². The van der Waals surface area contributed by atoms with Crippen LogP contribution in [0.1, 0.15) is 57.6 Å². The second-order valence-corrected chi connectivity index (χ2v) is 16.8. The lowest BCUT2D eigenvalue weighted by Gasteiger charge is -2.49. The van der Waals surface area contributed by atoms with Crippen LogP contribution < -0.4 is 4.90 Å². The molecule has 2 aromatic carbocycles. The molecular weight excluding hydrogens is 679 g/mol. The highest BCUT2D eigenvalue weighted by Gasteiger charge is 2.68. The molecule has 9 nitrogen and oxygen atoms in total. The Bertz CT molecular complexity index is 2230. The molecule has 1 N–H and O–H groups in total. The van der Waals surface area contributed by atoms with E-state index in [1.807, 2.05) is 52.0 Å². The van der Waals surface area contributed by atoms with Gasteiger partial charge in [0.1, 0.15) is 11.5 Å². The first-order valence-corrected chi connectivity index (χ1v) is 17.9. The molecular formula is C38H36ClFN4O5S. The summed E-state index contributed by atoms with van der Waals surface area (Å²) in [4.78, 5) is 60.8. The van der Waals surface area contributed by atoms with Gasteiger partial charge in [-0.3, -0.25) is 28.8 Å². The number of benzene rings is 2. The minimum Gasteiger partial charge on any atom is -0.505 e. The minimum absolute atomic E-state index is 0.180. The number of rotatable bonds is 3. The summed E-state index contributed by atoms with van der Waals surface area (Å²) in [7, 11) is 1.69. The number of anilines is 1. The van der Waals surface area contributed by atoms with Crippen molar-refractivity contribution in [2.75, 3.05) is 4.90 Å². The minimum atomic E-state index is -1.36. The Morgan fingerprint density at radius 1 is 1.02 bits per heavy atom. The van der Waals surface area contributed by atoms with Crippen LogP contribution in [0.15, 0.2) is 54.1 Å². The van der Waals surface area contributed by atoms with E-state index in [9.17, 15) is 24.3 Å². The van der Waals surface area contributed by atoms with Crippen LogP contribution in [-0.2, 0) is 26.2 Å². The van der Waals surface area contributed by atoms with Crippen LogP contribution in [0.25, 0.3) is 20.7 Å². The third kappa shape index (κ3) is 4.38. The summed E-state index contributed by atoms with van der Waals surface area (Å²) in [5, 5.41) is 16.5. The number of aromatic nitrogens is 2. The molecule has 1 saturated carbocycles. The zero-order chi connectivity index (χ0) is 35.8. The number of phenols is 1. The lowest BCUT2D eigenvalue weighted by molar-refractivity contribution is -0.145. The van der Waals surface area contributed by atoms with Crippen LogP contribution in [-0.4, -0.2) is 49.0 Å². The molecule has 0 bridgehead atoms. The Hall–Kier alpha value is -4.35. The lowest BCUT2D eigenvalue weighted by atomic mass is 9.51. The average Bonchev–Trinajstić information content (AvgIpc) is 3.72. The third-order valence-electron chi connectivity index (χ3n) is 11.5. The van der Waals surface area contributed by atoms with Crippen molar-refractivity contribution in [3.8, 4) is 16.3 Å². The van der Waals surface area contributed by atoms with Crippen molar-refractivity contribution >= 4 is 62.5 Å². The van der Waals surface area contributed by atoms with Crippen LogP contribution in [0, 0.1) is 41.8 Å². The van der Waals surface area contributed by atoms with Gasteiger partial charge in [-0.25, -0.2) is 9.29 Å². The van der Waals surface area contributed by atoms with Crippen LogP contribution in [0.3, 0.4) is 0 Å². The molecule has 2 aromatic heterocycles. The third-order valence-corrected chi connectivity index (χ3v) is 13.0. The fourth-order valence-corrected chi connectivity index (χ4v) is 10.5. The van der Waals surface area contributed by atoms with Crippen molar-refractivity contribution < 1.29 is 28.7 Å². The molecule has 4 heterocycles. The Balaban J connectivity index is 1.25. The summed E-state index contributed by atoms with van der Waals surface area (Å²) in [6, 6.07) is 11.5. The van der Waals surface area contributed by atoms with Crippen molar-refractivity contribution in [3.05, 3.63) is 76.1 Å². The van der Waals surface area contributed by atoms with Crippen LogP contribution >= 0.6 is 22.9 Å². The van der Waals surface area contributed by atoms with E-state index < -0.39 is 63.9 Å². The van der Waals surface area contributed by atoms with E-state index in [1.165, 1.54) is 26.6 Å². The van der Waals surface area contributed by atoms with Gasteiger partial charge in [0.15, 0.2) is 11.6 Å². The van der Waals surface area contributed by atoms with Gasteiger partial charge in [0.25, 0.3) is 0 Å². The number of carbonyl (C=O) groups excluding carboxylic acids is 4. The fourth-order valence-electron chi connectivity index (χ4n) is 9.19. The molecule has 12 heteroatoms. The number of carbonyl (C=O) groups is 4. The topological polar surface area (TPSA) is 113 Å². The van der Waals surface area contributed by atoms with Crippen molar-refractivity contribution in [3.63, 3.8) is 0 Å². The van der Waals surface area contributed by atoms with Crippen LogP contribution in [0.4, 0.5) is 10.2 Å². The van der Waals surface area contributed by atoms with Gasteiger partial charge in [0.05, 0.1) is 28.0 Å². The number of fused-ring (bicyclic) bond motifs is 5. The number of aromatic hydroxyl groups is 1. The zero-order valence-electron chi connectivity index (χ0n) is 28.5. The second kappa shape index (κ2) is 10.8. The number of allylic oxidation sites excluding steroid dienone is 2. The number of amides is 4. The standard InChI is InChI=1S/C38H36ClFN4O5S/c1-17-22-14-19(39)8-12-28(22)50-32(17)26-16-29(42(6)41-26)43-34(47)24-15-23-20(9-10-21-30(23)35(48)44(33(21)46)37(2,3)4)31(38(24,5)36(43)49)18-7-11-27(45)25(40)13-18/h7-9,11-14,16,21,23-24,30-31,45H,10,15H2,1-6H3. The Morgan fingerprint density at radius 3 is 2.46 bits per heavy atom. The molecule has 6 unspecified atom stereocenters. The maximum atomic E-state index is 15.0. The first kappa shape index (κ1) is 32.8. The molecule has 2 aliphatic carbocycles. The molecule has 258 valence electrons. The van der Waals surface area contributed by atoms with Crippen molar-refractivity contribution in [2.24, 2.45) is 36.1 Å². The number of phenolic OH excluding ortho intramolecular Hbond substituents is 1. The number of hydrogen-bond acceptors (Lipinski definition) is 7. The quantitative estimate of drug-likeness (QED) is 0.178. The van der Waals surface area contributed by atoms with E-state index in [4.69, 9.17) is 16.7 Å². The number of halogens is 2. The first-order valence-electron chi connectivity index (χ1n) is 16.7. The summed E-state index contributed by atoms with van der Waals surface area (Å²) < 4.78 is 17.6. The monoisotopic (exact) mass is 714 g/mol. The van der Waals surface area contributed by atoms with Gasteiger partial charge < -0.3 is 5.11 Å². The predicted molar refractivity (Wildman–Crippen MR) is 188 cm³/mol. The molecule has 3 fully saturated rings. The molecule has 0 spiro atoms. The summed E-state index contributed by atoms with van der Waals surface area (Å²) in [6.07, 6.45) is 2.40. The molecule has 6 atom stereocenters. The van der Waals surface area contributed by atoms with Gasteiger partial charge in [0, 0.05) is 34.3 Å². The highest BCUT2D eigenvalue weighted by molar-refractivity contribution is 7.22. The first-order chi connectivity index (χ1) is 23.5. The Kier molecular flexibility index (Phi) is 7.11. The van der Waals surface area contributed by atoms with E-state index in [1.54, 1.807) is 37.4 Å². The highest BCUT2D eigenvalue weighted by atomic mass is 35.5. The SMILES string of the molecule is Cc1c(-c2cc(N3C(=O)C4CC5C(=CCC6C(=O)N(C(C)(C)C)C(=O)C65)C(c5ccc(O)c(F)c5)C4(C)C3=O)n(C)n2)sc2ccc(Cl)cc12. The van der Waals surface area contributed by atoms with Crippen molar-refractivity contribution in [1.29, 1.82) is 0 Å². The maximum Gasteiger partial charge on any atom is 0.242 e. The molecule has 4 aromatic rings. The highest BCUT2D eigenvalue weighted by Crippen LogP contribution is 2.64. The van der Waals surface area contributed by atoms with Gasteiger partial charge in [-0.1, -0.05) is 29.3 Å². The van der Waals surface area contributed by atoms with Gasteiger partial charge in [-0.2, -0.15) is 5.10 Å². The lowest BCUT2D eigenvalue weighted by Crippen LogP contribution is -2.49. The van der Waals surface area contributed by atoms with E-state index >= 15 is 4.39 Å². The molecule has 8 rings (SSSR count). The van der Waals surface area contributed by atoms with Gasteiger partial charge in [-0.05, 0) is 100 Å². The van der Waals surface area contributed by atoms with Crippen LogP contribution in [0.5, 0.6) is 5.75 Å². The summed E-state index contributed by atoms with van der Waals surface area (Å²) in [5.41, 5.74) is 0.657. The summed E-state index contributed by atoms with van der Waals surface area (Å²) in [5.74, 6) is -5.97. The van der Waals surface area contributed by atoms with E-state index in [0.717, 1.165) is 26.1 Å². The second-order valence-electron chi connectivity index (χ2n) is 15.3. The molecule has 0 radical (unpaired) electrons. The maximum absolute atomic E-state index is 15.0. The number of nitrogens with zero attached hydrogens (tertiary/aromatic N) is 4. The Morgan fingerprint density at radius 2 is 1.76 bits per heavy atom. The van der Waals surface area contributed by atoms with Gasteiger partial charge in [-0.15, -0.1) is 11.3 Å². The number of hydrogen-bond donors (Lipinski definition) is 1. The number of thiophene rings is 1. The smallest absolute Gasteiger partial charge is 0.242 e. The summed E-state index contributed by atoms with van der Waals surface area (Å²) in [6.45, 7) is 9.20. The molecule has 4 aliphatic rings. The van der Waals surface area contributed by atoms with Crippen molar-refractivity contribution in [2.45, 2.75) is 58.9 Å². The van der Waals surface area contributed by atoms with Gasteiger partial charge >= 0.3 is 0 Å². The zero-order valence-corrected chi connectivity index (χ0v) is 30.0. The molecule has 2 saturated heterocycles. The largest absolute Gasteiger partial charge is 0.505 e. The predicted octanol–water partition coefficient (Wildman–Crippen LogP) is 7.14. The van der Waals surface area contributed by atoms with Gasteiger partial charge in [0.2, 0.25) is 23.6 Å². The van der Waals surface area contributed by atoms with Crippen molar-refractivity contribution in [1.82, 2.24) is 14.7 Å².